The Labute approximate surface area is 126 Å². The molecule has 3 heteroatoms. The third-order valence-corrected chi connectivity index (χ3v) is 4.46. The lowest BCUT2D eigenvalue weighted by atomic mass is 9.96. The molecule has 0 radical (unpaired) electrons. The van der Waals surface area contributed by atoms with Crippen LogP contribution in [0.2, 0.25) is 0 Å². The highest BCUT2D eigenvalue weighted by Crippen LogP contribution is 2.19. The molecule has 0 bridgehead atoms. The van der Waals surface area contributed by atoms with Crippen LogP contribution in [0.15, 0.2) is 24.3 Å². The number of hydrogen-bond donors (Lipinski definition) is 2. The minimum Gasteiger partial charge on any atom is -0.351 e. The van der Waals surface area contributed by atoms with Gasteiger partial charge in [0, 0.05) is 16.9 Å². The third kappa shape index (κ3) is 3.46. The summed E-state index contributed by atoms with van der Waals surface area (Å²) >= 11 is 0. The van der Waals surface area contributed by atoms with Crippen molar-refractivity contribution >= 4 is 16.8 Å². The van der Waals surface area contributed by atoms with Gasteiger partial charge in [0.2, 0.25) is 0 Å². The van der Waals surface area contributed by atoms with E-state index in [9.17, 15) is 4.79 Å². The van der Waals surface area contributed by atoms with Gasteiger partial charge in [-0.2, -0.15) is 0 Å². The molecule has 3 rings (SSSR count). The van der Waals surface area contributed by atoms with E-state index in [1.54, 1.807) is 0 Å². The van der Waals surface area contributed by atoms with Gasteiger partial charge < -0.3 is 10.3 Å². The van der Waals surface area contributed by atoms with Crippen LogP contribution in [0.25, 0.3) is 10.9 Å². The van der Waals surface area contributed by atoms with Crippen LogP contribution in [0.5, 0.6) is 0 Å². The van der Waals surface area contributed by atoms with E-state index in [2.05, 4.69) is 29.4 Å². The summed E-state index contributed by atoms with van der Waals surface area (Å²) in [7, 11) is 0. The first kappa shape index (κ1) is 14.2. The molecule has 3 nitrogen and oxygen atoms in total. The molecule has 2 N–H and O–H groups in total. The molecule has 0 aliphatic heterocycles. The van der Waals surface area contributed by atoms with Crippen molar-refractivity contribution in [3.05, 3.63) is 35.5 Å². The Hall–Kier alpha value is -1.77. The molecule has 2 aromatic rings. The molecule has 1 heterocycles. The first-order chi connectivity index (χ1) is 10.2. The standard InChI is InChI=1S/C18H24N2O/c1-13-9-10-16-14(11-13)12-17(20-16)18(21)19-15-7-5-3-2-4-6-8-15/h9-12,15,20H,2-8H2,1H3,(H,19,21). The number of carbonyl (C=O) groups excluding carboxylic acids is 1. The smallest absolute Gasteiger partial charge is 0.267 e. The third-order valence-electron chi connectivity index (χ3n) is 4.46. The van der Waals surface area contributed by atoms with Crippen molar-refractivity contribution < 1.29 is 4.79 Å². The first-order valence-electron chi connectivity index (χ1n) is 8.12. The molecule has 1 aliphatic rings. The lowest BCUT2D eigenvalue weighted by molar-refractivity contribution is 0.0926. The SMILES string of the molecule is Cc1ccc2[nH]c(C(=O)NC3CCCCCCC3)cc2c1. The molecule has 1 aromatic carbocycles. The molecule has 1 fully saturated rings. The summed E-state index contributed by atoms with van der Waals surface area (Å²) in [5.74, 6) is 0.0365. The number of hydrogen-bond acceptors (Lipinski definition) is 1. The molecule has 1 aromatic heterocycles. The molecule has 1 saturated carbocycles. The maximum absolute atomic E-state index is 12.4. The molecule has 0 saturated heterocycles. The van der Waals surface area contributed by atoms with Crippen LogP contribution in [-0.4, -0.2) is 16.9 Å². The highest BCUT2D eigenvalue weighted by molar-refractivity contribution is 5.98. The lowest BCUT2D eigenvalue weighted by Crippen LogP contribution is -2.35. The van der Waals surface area contributed by atoms with E-state index in [0.717, 1.165) is 23.7 Å². The summed E-state index contributed by atoms with van der Waals surface area (Å²) < 4.78 is 0. The van der Waals surface area contributed by atoms with Crippen LogP contribution in [-0.2, 0) is 0 Å². The maximum Gasteiger partial charge on any atom is 0.267 e. The first-order valence-corrected chi connectivity index (χ1v) is 8.12. The second-order valence-electron chi connectivity index (χ2n) is 6.29. The normalized spacial score (nSPS) is 17.4. The number of nitrogens with one attached hydrogen (secondary N) is 2. The molecular weight excluding hydrogens is 260 g/mol. The fourth-order valence-corrected chi connectivity index (χ4v) is 3.24. The molecular formula is C18H24N2O. The predicted octanol–water partition coefficient (Wildman–Crippen LogP) is 4.32. The quantitative estimate of drug-likeness (QED) is 0.847. The van der Waals surface area contributed by atoms with E-state index in [1.807, 2.05) is 12.1 Å². The Balaban J connectivity index is 1.70. The largest absolute Gasteiger partial charge is 0.351 e. The summed E-state index contributed by atoms with van der Waals surface area (Å²) in [5.41, 5.74) is 2.93. The molecule has 0 spiro atoms. The summed E-state index contributed by atoms with van der Waals surface area (Å²) in [6.07, 6.45) is 8.65. The number of benzene rings is 1. The Morgan fingerprint density at radius 1 is 1.10 bits per heavy atom. The van der Waals surface area contributed by atoms with Crippen molar-refractivity contribution in [3.63, 3.8) is 0 Å². The average Bonchev–Trinajstić information content (AvgIpc) is 2.84. The molecule has 0 unspecified atom stereocenters. The van der Waals surface area contributed by atoms with E-state index in [0.29, 0.717) is 11.7 Å². The second kappa shape index (κ2) is 6.33. The Kier molecular flexibility index (Phi) is 4.28. The van der Waals surface area contributed by atoms with E-state index in [4.69, 9.17) is 0 Å². The Bertz CT molecular complexity index is 621. The van der Waals surface area contributed by atoms with Gasteiger partial charge >= 0.3 is 0 Å². The zero-order chi connectivity index (χ0) is 14.7. The number of carbonyl (C=O) groups is 1. The molecule has 1 amide bonds. The van der Waals surface area contributed by atoms with E-state index in [1.165, 1.54) is 37.7 Å². The van der Waals surface area contributed by atoms with Crippen LogP contribution in [0, 0.1) is 6.92 Å². The van der Waals surface area contributed by atoms with Gasteiger partial charge in [0.1, 0.15) is 5.69 Å². The van der Waals surface area contributed by atoms with Gasteiger partial charge in [0.15, 0.2) is 0 Å². The summed E-state index contributed by atoms with van der Waals surface area (Å²) in [6.45, 7) is 2.07. The van der Waals surface area contributed by atoms with Crippen molar-refractivity contribution in [2.75, 3.05) is 0 Å². The van der Waals surface area contributed by atoms with Gasteiger partial charge in [0.25, 0.3) is 5.91 Å². The van der Waals surface area contributed by atoms with Crippen molar-refractivity contribution in [3.8, 4) is 0 Å². The number of H-pyrrole nitrogens is 1. The topological polar surface area (TPSA) is 44.9 Å². The van der Waals surface area contributed by atoms with Gasteiger partial charge in [-0.15, -0.1) is 0 Å². The number of aromatic nitrogens is 1. The molecule has 21 heavy (non-hydrogen) atoms. The zero-order valence-electron chi connectivity index (χ0n) is 12.7. The summed E-state index contributed by atoms with van der Waals surface area (Å²) in [4.78, 5) is 15.7. The number of amides is 1. The fourth-order valence-electron chi connectivity index (χ4n) is 3.24. The van der Waals surface area contributed by atoms with E-state index < -0.39 is 0 Å². The van der Waals surface area contributed by atoms with Crippen LogP contribution in [0.4, 0.5) is 0 Å². The van der Waals surface area contributed by atoms with Crippen LogP contribution >= 0.6 is 0 Å². The molecule has 112 valence electrons. The van der Waals surface area contributed by atoms with Crippen molar-refractivity contribution in [1.82, 2.24) is 10.3 Å². The minimum absolute atomic E-state index is 0.0365. The van der Waals surface area contributed by atoms with Gasteiger partial charge in [0.05, 0.1) is 0 Å². The predicted molar refractivity (Wildman–Crippen MR) is 86.6 cm³/mol. The zero-order valence-corrected chi connectivity index (χ0v) is 12.7. The van der Waals surface area contributed by atoms with Gasteiger partial charge in [-0.25, -0.2) is 0 Å². The van der Waals surface area contributed by atoms with E-state index >= 15 is 0 Å². The van der Waals surface area contributed by atoms with Gasteiger partial charge in [-0.3, -0.25) is 4.79 Å². The van der Waals surface area contributed by atoms with Crippen molar-refractivity contribution in [2.45, 2.75) is 57.9 Å². The summed E-state index contributed by atoms with van der Waals surface area (Å²) in [5, 5.41) is 4.32. The highest BCUT2D eigenvalue weighted by Gasteiger charge is 2.16. The van der Waals surface area contributed by atoms with Crippen molar-refractivity contribution in [2.24, 2.45) is 0 Å². The number of fused-ring (bicyclic) bond motifs is 1. The number of aryl methyl sites for hydroxylation is 1. The van der Waals surface area contributed by atoms with Crippen LogP contribution in [0.3, 0.4) is 0 Å². The average molecular weight is 284 g/mol. The number of aromatic amines is 1. The Morgan fingerprint density at radius 3 is 2.57 bits per heavy atom. The van der Waals surface area contributed by atoms with Crippen LogP contribution in [0.1, 0.15) is 61.0 Å². The molecule has 1 aliphatic carbocycles. The van der Waals surface area contributed by atoms with Crippen molar-refractivity contribution in [1.29, 1.82) is 0 Å². The second-order valence-corrected chi connectivity index (χ2v) is 6.29. The van der Waals surface area contributed by atoms with Gasteiger partial charge in [-0.1, -0.05) is 43.7 Å². The lowest BCUT2D eigenvalue weighted by Gasteiger charge is -2.20. The maximum atomic E-state index is 12.4. The summed E-state index contributed by atoms with van der Waals surface area (Å²) in [6, 6.07) is 8.51. The van der Waals surface area contributed by atoms with Crippen LogP contribution < -0.4 is 5.32 Å². The molecule has 0 atom stereocenters. The Morgan fingerprint density at radius 2 is 1.81 bits per heavy atom. The van der Waals surface area contributed by atoms with Gasteiger partial charge in [-0.05, 0) is 38.0 Å². The minimum atomic E-state index is 0.0365. The van der Waals surface area contributed by atoms with E-state index in [-0.39, 0.29) is 5.91 Å². The highest BCUT2D eigenvalue weighted by atomic mass is 16.1. The number of rotatable bonds is 2. The monoisotopic (exact) mass is 284 g/mol. The fraction of sp³-hybridized carbons (Fsp3) is 0.500.